The van der Waals surface area contributed by atoms with Crippen LogP contribution in [0.1, 0.15) is 26.5 Å². The average Bonchev–Trinajstić information content (AvgIpc) is 3.28. The third-order valence-corrected chi connectivity index (χ3v) is 5.67. The maximum Gasteiger partial charge on any atom is 0.324 e. The van der Waals surface area contributed by atoms with Crippen molar-refractivity contribution in [3.05, 3.63) is 71.0 Å². The Morgan fingerprint density at radius 2 is 1.92 bits per heavy atom. The minimum absolute atomic E-state index is 0.215. The second-order valence-electron chi connectivity index (χ2n) is 9.47. The molecule has 4 aromatic heterocycles. The number of aromatic nitrogens is 6. The molecule has 0 bridgehead atoms. The van der Waals surface area contributed by atoms with Crippen LogP contribution in [0.2, 0.25) is 0 Å². The Kier molecular flexibility index (Phi) is 6.22. The van der Waals surface area contributed by atoms with E-state index in [-0.39, 0.29) is 17.5 Å². The summed E-state index contributed by atoms with van der Waals surface area (Å²) < 4.78 is 7.73. The van der Waals surface area contributed by atoms with Crippen LogP contribution in [0, 0.1) is 12.3 Å². The number of anilines is 2. The van der Waals surface area contributed by atoms with Crippen LogP contribution in [0.5, 0.6) is 11.5 Å². The minimum atomic E-state index is -0.475. The lowest BCUT2D eigenvalue weighted by Gasteiger charge is -2.14. The molecule has 0 saturated carbocycles. The number of carbonyl (C=O) groups excluding carboxylic acids is 1. The van der Waals surface area contributed by atoms with Gasteiger partial charge in [-0.1, -0.05) is 26.7 Å². The molecule has 0 aliphatic carbocycles. The van der Waals surface area contributed by atoms with Crippen LogP contribution in [-0.4, -0.2) is 35.7 Å². The van der Waals surface area contributed by atoms with Crippen LogP contribution in [0.3, 0.4) is 0 Å². The Balaban J connectivity index is 1.43. The summed E-state index contributed by atoms with van der Waals surface area (Å²) in [7, 11) is 0. The molecule has 1 aromatic carbocycles. The number of fused-ring (bicyclic) bond motifs is 2. The van der Waals surface area contributed by atoms with Crippen LogP contribution in [0.15, 0.2) is 59.8 Å². The smallest absolute Gasteiger partial charge is 0.324 e. The van der Waals surface area contributed by atoms with E-state index < -0.39 is 6.03 Å². The van der Waals surface area contributed by atoms with Gasteiger partial charge in [-0.25, -0.2) is 19.4 Å². The Bertz CT molecular complexity index is 1780. The maximum atomic E-state index is 13.0. The van der Waals surface area contributed by atoms with Gasteiger partial charge in [0.1, 0.15) is 23.6 Å². The molecular formula is C27H24N8O3. The van der Waals surface area contributed by atoms with Crippen molar-refractivity contribution in [2.45, 2.75) is 32.7 Å². The fraction of sp³-hybridized carbons (Fsp3) is 0.185. The monoisotopic (exact) mass is 508 g/mol. The van der Waals surface area contributed by atoms with E-state index in [2.05, 4.69) is 41.6 Å². The SMILES string of the molecule is C#CCn1nc(C(C)(C)C)cc1NC(=O)Nc1ccc(Oc2ccnc3[nH]c(=O)cnc23)c2cccnc12. The van der Waals surface area contributed by atoms with Gasteiger partial charge >= 0.3 is 6.03 Å². The third kappa shape index (κ3) is 4.87. The summed E-state index contributed by atoms with van der Waals surface area (Å²) in [5.74, 6) is 3.94. The average molecular weight is 509 g/mol. The number of H-pyrrole nitrogens is 1. The van der Waals surface area contributed by atoms with E-state index in [4.69, 9.17) is 11.2 Å². The van der Waals surface area contributed by atoms with Crippen molar-refractivity contribution < 1.29 is 9.53 Å². The van der Waals surface area contributed by atoms with E-state index in [0.717, 1.165) is 5.69 Å². The Morgan fingerprint density at radius 3 is 2.71 bits per heavy atom. The predicted molar refractivity (Wildman–Crippen MR) is 144 cm³/mol. The van der Waals surface area contributed by atoms with E-state index in [9.17, 15) is 9.59 Å². The largest absolute Gasteiger partial charge is 0.454 e. The molecule has 3 N–H and O–H groups in total. The minimum Gasteiger partial charge on any atom is -0.454 e. The number of hydrogen-bond acceptors (Lipinski definition) is 7. The normalized spacial score (nSPS) is 11.3. The fourth-order valence-electron chi connectivity index (χ4n) is 3.82. The van der Waals surface area contributed by atoms with Gasteiger partial charge in [0.15, 0.2) is 11.4 Å². The summed E-state index contributed by atoms with van der Waals surface area (Å²) in [5, 5.41) is 10.9. The number of aromatic amines is 1. The third-order valence-electron chi connectivity index (χ3n) is 5.67. The lowest BCUT2D eigenvalue weighted by atomic mass is 9.92. The molecule has 0 radical (unpaired) electrons. The predicted octanol–water partition coefficient (Wildman–Crippen LogP) is 4.43. The Labute approximate surface area is 217 Å². The molecule has 0 aliphatic rings. The number of pyridine rings is 2. The van der Waals surface area contributed by atoms with Crippen molar-refractivity contribution in [2.24, 2.45) is 0 Å². The van der Waals surface area contributed by atoms with Gasteiger partial charge in [-0.2, -0.15) is 5.10 Å². The highest BCUT2D eigenvalue weighted by Crippen LogP contribution is 2.35. The summed E-state index contributed by atoms with van der Waals surface area (Å²) in [4.78, 5) is 40.0. The summed E-state index contributed by atoms with van der Waals surface area (Å²) in [6, 6.07) is 10.0. The van der Waals surface area contributed by atoms with Gasteiger partial charge in [0.2, 0.25) is 0 Å². The number of rotatable bonds is 5. The highest BCUT2D eigenvalue weighted by atomic mass is 16.5. The van der Waals surface area contributed by atoms with Crippen molar-refractivity contribution in [1.29, 1.82) is 0 Å². The van der Waals surface area contributed by atoms with Gasteiger partial charge in [0, 0.05) is 35.3 Å². The quantitative estimate of drug-likeness (QED) is 0.298. The van der Waals surface area contributed by atoms with Crippen LogP contribution in [0.25, 0.3) is 22.1 Å². The Hall–Kier alpha value is -5.24. The van der Waals surface area contributed by atoms with Gasteiger partial charge in [-0.15, -0.1) is 6.42 Å². The molecule has 38 heavy (non-hydrogen) atoms. The van der Waals surface area contributed by atoms with Crippen molar-refractivity contribution >= 4 is 39.6 Å². The van der Waals surface area contributed by atoms with Crippen molar-refractivity contribution in [3.63, 3.8) is 0 Å². The summed E-state index contributed by atoms with van der Waals surface area (Å²) in [5.41, 5.74) is 1.95. The second kappa shape index (κ2) is 9.67. The number of ether oxygens (including phenoxy) is 1. The lowest BCUT2D eigenvalue weighted by Crippen LogP contribution is -2.21. The van der Waals surface area contributed by atoms with Crippen LogP contribution < -0.4 is 20.9 Å². The molecule has 0 spiro atoms. The molecule has 190 valence electrons. The molecule has 5 rings (SSSR count). The standard InChI is InChI=1S/C27H24N8O3/c1-5-13-35-21(14-20(34-35)27(2,3)4)32-26(37)31-17-8-9-18(16-7-6-11-28-23(16)17)38-19-10-12-29-25-24(19)30-15-22(36)33-25/h1,6-12,14-15H,13H2,2-4H3,(H,29,33,36)(H2,31,32,37). The maximum absolute atomic E-state index is 13.0. The highest BCUT2D eigenvalue weighted by molar-refractivity contribution is 6.06. The zero-order chi connectivity index (χ0) is 26.9. The number of amides is 2. The topological polar surface area (TPSA) is 140 Å². The summed E-state index contributed by atoms with van der Waals surface area (Å²) in [6.45, 7) is 6.32. The lowest BCUT2D eigenvalue weighted by molar-refractivity contribution is 0.262. The number of carbonyl (C=O) groups is 1. The molecule has 11 heteroatoms. The van der Waals surface area contributed by atoms with Crippen molar-refractivity contribution in [1.82, 2.24) is 29.7 Å². The van der Waals surface area contributed by atoms with Crippen LogP contribution in [0.4, 0.5) is 16.3 Å². The molecule has 11 nitrogen and oxygen atoms in total. The van der Waals surface area contributed by atoms with Gasteiger partial charge in [0.05, 0.1) is 23.1 Å². The summed E-state index contributed by atoms with van der Waals surface area (Å²) in [6.07, 6.45) is 9.80. The van der Waals surface area contributed by atoms with Gasteiger partial charge < -0.3 is 15.0 Å². The number of hydrogen-bond donors (Lipinski definition) is 3. The van der Waals surface area contributed by atoms with E-state index in [1.165, 1.54) is 12.4 Å². The summed E-state index contributed by atoms with van der Waals surface area (Å²) >= 11 is 0. The molecule has 0 unspecified atom stereocenters. The number of terminal acetylenes is 1. The first-order chi connectivity index (χ1) is 18.2. The first kappa shape index (κ1) is 24.5. The molecule has 2 amide bonds. The van der Waals surface area contributed by atoms with Gasteiger partial charge in [-0.05, 0) is 24.3 Å². The molecule has 0 atom stereocenters. The molecular weight excluding hydrogens is 484 g/mol. The van der Waals surface area contributed by atoms with E-state index in [1.807, 2.05) is 32.9 Å². The Morgan fingerprint density at radius 1 is 1.08 bits per heavy atom. The zero-order valence-electron chi connectivity index (χ0n) is 20.9. The second-order valence-corrected chi connectivity index (χ2v) is 9.47. The van der Waals surface area contributed by atoms with Gasteiger partial charge in [0.25, 0.3) is 5.56 Å². The number of benzene rings is 1. The number of nitrogens with zero attached hydrogens (tertiary/aromatic N) is 5. The molecule has 5 aromatic rings. The van der Waals surface area contributed by atoms with Crippen LogP contribution >= 0.6 is 0 Å². The molecule has 0 aliphatic heterocycles. The number of nitrogens with one attached hydrogen (secondary N) is 3. The van der Waals surface area contributed by atoms with Crippen molar-refractivity contribution in [2.75, 3.05) is 10.6 Å². The van der Waals surface area contributed by atoms with E-state index in [1.54, 1.807) is 35.1 Å². The molecule has 0 saturated heterocycles. The van der Waals surface area contributed by atoms with Crippen molar-refractivity contribution in [3.8, 4) is 23.8 Å². The van der Waals surface area contributed by atoms with Gasteiger partial charge in [-0.3, -0.25) is 15.1 Å². The fourth-order valence-corrected chi connectivity index (χ4v) is 3.82. The highest BCUT2D eigenvalue weighted by Gasteiger charge is 2.21. The molecule has 0 fully saturated rings. The van der Waals surface area contributed by atoms with E-state index in [0.29, 0.717) is 45.1 Å². The van der Waals surface area contributed by atoms with Crippen LogP contribution in [-0.2, 0) is 12.0 Å². The van der Waals surface area contributed by atoms with E-state index >= 15 is 0 Å². The zero-order valence-corrected chi connectivity index (χ0v) is 20.9. The number of urea groups is 1. The molecule has 4 heterocycles. The first-order valence-corrected chi connectivity index (χ1v) is 11.7. The first-order valence-electron chi connectivity index (χ1n) is 11.7.